The number of nitrogens with zero attached hydrogens (tertiary/aromatic N) is 2. The molecule has 1 unspecified atom stereocenters. The lowest BCUT2D eigenvalue weighted by Gasteiger charge is -2.28. The van der Waals surface area contributed by atoms with Gasteiger partial charge in [-0.1, -0.05) is 0 Å². The molecule has 0 bridgehead atoms. The van der Waals surface area contributed by atoms with E-state index in [0.717, 1.165) is 25.2 Å². The first-order valence-corrected chi connectivity index (χ1v) is 6.05. The summed E-state index contributed by atoms with van der Waals surface area (Å²) in [6.45, 7) is 6.77. The molecule has 0 aliphatic carbocycles. The van der Waals surface area contributed by atoms with Gasteiger partial charge in [0.15, 0.2) is 0 Å². The lowest BCUT2D eigenvalue weighted by molar-refractivity contribution is 0.182. The summed E-state index contributed by atoms with van der Waals surface area (Å²) in [5, 5.41) is 3.00. The van der Waals surface area contributed by atoms with Gasteiger partial charge in [0.05, 0.1) is 6.04 Å². The number of hydrogen-bond acceptors (Lipinski definition) is 2. The molecule has 2 heterocycles. The molecule has 0 aromatic carbocycles. The zero-order valence-corrected chi connectivity index (χ0v) is 10.7. The molecular weight excluding hydrogens is 216 g/mol. The van der Waals surface area contributed by atoms with Crippen molar-refractivity contribution < 1.29 is 4.79 Å². The summed E-state index contributed by atoms with van der Waals surface area (Å²) in [5.41, 5.74) is -0.201. The molecule has 2 rings (SSSR count). The van der Waals surface area contributed by atoms with Crippen molar-refractivity contribution in [2.24, 2.45) is 0 Å². The van der Waals surface area contributed by atoms with Crippen LogP contribution in [0.15, 0.2) is 12.4 Å². The molecule has 5 heteroatoms. The normalized spacial score (nSPS) is 20.6. The van der Waals surface area contributed by atoms with E-state index in [0.29, 0.717) is 0 Å². The van der Waals surface area contributed by atoms with E-state index in [1.54, 1.807) is 12.4 Å². The number of urea groups is 1. The fourth-order valence-corrected chi connectivity index (χ4v) is 2.15. The van der Waals surface area contributed by atoms with E-state index >= 15 is 0 Å². The highest BCUT2D eigenvalue weighted by Gasteiger charge is 2.32. The second kappa shape index (κ2) is 4.39. The van der Waals surface area contributed by atoms with Gasteiger partial charge in [0.25, 0.3) is 0 Å². The predicted molar refractivity (Wildman–Crippen MR) is 65.6 cm³/mol. The molecule has 0 saturated carbocycles. The lowest BCUT2D eigenvalue weighted by atomic mass is 10.1. The molecule has 1 aliphatic rings. The average molecular weight is 236 g/mol. The minimum Gasteiger partial charge on any atom is -0.347 e. The molecule has 1 aromatic rings. The molecule has 1 saturated heterocycles. The lowest BCUT2D eigenvalue weighted by Crippen LogP contribution is -2.48. The van der Waals surface area contributed by atoms with Gasteiger partial charge in [-0.15, -0.1) is 0 Å². The van der Waals surface area contributed by atoms with Crippen LogP contribution in [-0.4, -0.2) is 33.0 Å². The molecule has 17 heavy (non-hydrogen) atoms. The average Bonchev–Trinajstić information content (AvgIpc) is 2.85. The largest absolute Gasteiger partial charge is 0.347 e. The zero-order chi connectivity index (χ0) is 12.5. The highest BCUT2D eigenvalue weighted by atomic mass is 16.2. The number of imidazole rings is 1. The number of likely N-dealkylation sites (tertiary alicyclic amines) is 1. The van der Waals surface area contributed by atoms with Gasteiger partial charge in [-0.25, -0.2) is 9.78 Å². The summed E-state index contributed by atoms with van der Waals surface area (Å²) in [5.74, 6) is 0.881. The maximum atomic E-state index is 12.1. The molecule has 0 spiro atoms. The number of carbonyl (C=O) groups is 1. The van der Waals surface area contributed by atoms with Crippen LogP contribution < -0.4 is 5.32 Å². The summed E-state index contributed by atoms with van der Waals surface area (Å²) in [6.07, 6.45) is 5.54. The Bertz CT molecular complexity index is 380. The Morgan fingerprint density at radius 2 is 2.35 bits per heavy atom. The third-order valence-electron chi connectivity index (χ3n) is 2.83. The molecule has 0 radical (unpaired) electrons. The number of hydrogen-bond donors (Lipinski definition) is 2. The maximum Gasteiger partial charge on any atom is 0.318 e. The highest BCUT2D eigenvalue weighted by molar-refractivity contribution is 5.75. The van der Waals surface area contributed by atoms with E-state index < -0.39 is 0 Å². The van der Waals surface area contributed by atoms with E-state index in [4.69, 9.17) is 0 Å². The second-order valence-electron chi connectivity index (χ2n) is 5.51. The number of aromatic amines is 1. The first-order chi connectivity index (χ1) is 7.97. The Morgan fingerprint density at radius 1 is 1.59 bits per heavy atom. The predicted octanol–water partition coefficient (Wildman–Crippen LogP) is 2.05. The van der Waals surface area contributed by atoms with Crippen LogP contribution in [0.2, 0.25) is 0 Å². The fraction of sp³-hybridized carbons (Fsp3) is 0.667. The first-order valence-electron chi connectivity index (χ1n) is 6.05. The minimum absolute atomic E-state index is 0.00333. The van der Waals surface area contributed by atoms with Gasteiger partial charge in [0.1, 0.15) is 5.82 Å². The van der Waals surface area contributed by atoms with Gasteiger partial charge >= 0.3 is 6.03 Å². The Morgan fingerprint density at radius 3 is 2.94 bits per heavy atom. The van der Waals surface area contributed by atoms with E-state index in [2.05, 4.69) is 15.3 Å². The standard InChI is InChI=1S/C12H20N4O/c1-12(2,3)15-11(17)16-8-4-5-9(16)10-13-6-7-14-10/h6-7,9H,4-5,8H2,1-3H3,(H,13,14)(H,15,17). The van der Waals surface area contributed by atoms with Crippen LogP contribution >= 0.6 is 0 Å². The first kappa shape index (κ1) is 12.0. The molecule has 2 N–H and O–H groups in total. The van der Waals surface area contributed by atoms with Gasteiger partial charge < -0.3 is 15.2 Å². The van der Waals surface area contributed by atoms with Gasteiger partial charge in [-0.2, -0.15) is 0 Å². The van der Waals surface area contributed by atoms with Crippen LogP contribution in [0.3, 0.4) is 0 Å². The van der Waals surface area contributed by atoms with Gasteiger partial charge in [0.2, 0.25) is 0 Å². The van der Waals surface area contributed by atoms with E-state index in [1.165, 1.54) is 0 Å². The van der Waals surface area contributed by atoms with Crippen LogP contribution in [0, 0.1) is 0 Å². The van der Waals surface area contributed by atoms with Crippen molar-refractivity contribution in [2.45, 2.75) is 45.2 Å². The van der Waals surface area contributed by atoms with Gasteiger partial charge in [-0.05, 0) is 33.6 Å². The number of nitrogens with one attached hydrogen (secondary N) is 2. The minimum atomic E-state index is -0.201. The SMILES string of the molecule is CC(C)(C)NC(=O)N1CCCC1c1ncc[nH]1. The van der Waals surface area contributed by atoms with Crippen molar-refractivity contribution in [1.29, 1.82) is 0 Å². The van der Waals surface area contributed by atoms with Crippen molar-refractivity contribution in [2.75, 3.05) is 6.54 Å². The van der Waals surface area contributed by atoms with Crippen molar-refractivity contribution in [3.8, 4) is 0 Å². The maximum absolute atomic E-state index is 12.1. The highest BCUT2D eigenvalue weighted by Crippen LogP contribution is 2.29. The van der Waals surface area contributed by atoms with Crippen LogP contribution in [0.1, 0.15) is 45.5 Å². The molecule has 5 nitrogen and oxygen atoms in total. The van der Waals surface area contributed by atoms with Crippen molar-refractivity contribution in [3.63, 3.8) is 0 Å². The third-order valence-corrected chi connectivity index (χ3v) is 2.83. The monoisotopic (exact) mass is 236 g/mol. The van der Waals surface area contributed by atoms with E-state index in [9.17, 15) is 4.79 Å². The van der Waals surface area contributed by atoms with Crippen LogP contribution in [0.5, 0.6) is 0 Å². The molecule has 94 valence electrons. The Balaban J connectivity index is 2.07. The topological polar surface area (TPSA) is 61.0 Å². The number of amides is 2. The Labute approximate surface area is 102 Å². The summed E-state index contributed by atoms with van der Waals surface area (Å²) < 4.78 is 0. The zero-order valence-electron chi connectivity index (χ0n) is 10.7. The van der Waals surface area contributed by atoms with Crippen LogP contribution in [0.4, 0.5) is 4.79 Å². The van der Waals surface area contributed by atoms with Crippen molar-refractivity contribution in [1.82, 2.24) is 20.2 Å². The second-order valence-corrected chi connectivity index (χ2v) is 5.51. The summed E-state index contributed by atoms with van der Waals surface area (Å²) in [7, 11) is 0. The van der Waals surface area contributed by atoms with E-state index in [-0.39, 0.29) is 17.6 Å². The number of carbonyl (C=O) groups excluding carboxylic acids is 1. The van der Waals surface area contributed by atoms with Gasteiger partial charge in [0, 0.05) is 24.5 Å². The smallest absolute Gasteiger partial charge is 0.318 e. The number of aromatic nitrogens is 2. The quantitative estimate of drug-likeness (QED) is 0.784. The Kier molecular flexibility index (Phi) is 3.09. The van der Waals surface area contributed by atoms with Crippen LogP contribution in [0.25, 0.3) is 0 Å². The summed E-state index contributed by atoms with van der Waals surface area (Å²) >= 11 is 0. The molecule has 1 aromatic heterocycles. The Hall–Kier alpha value is -1.52. The fourth-order valence-electron chi connectivity index (χ4n) is 2.15. The third kappa shape index (κ3) is 2.78. The summed E-state index contributed by atoms with van der Waals surface area (Å²) in [4.78, 5) is 21.3. The van der Waals surface area contributed by atoms with Crippen LogP contribution in [-0.2, 0) is 0 Å². The number of rotatable bonds is 1. The molecule has 1 fully saturated rings. The van der Waals surface area contributed by atoms with E-state index in [1.807, 2.05) is 25.7 Å². The van der Waals surface area contributed by atoms with Crippen molar-refractivity contribution in [3.05, 3.63) is 18.2 Å². The number of H-pyrrole nitrogens is 1. The molecule has 1 atom stereocenters. The van der Waals surface area contributed by atoms with Gasteiger partial charge in [-0.3, -0.25) is 0 Å². The summed E-state index contributed by atoms with van der Waals surface area (Å²) in [6, 6.07) is 0.0868. The molecular formula is C12H20N4O. The van der Waals surface area contributed by atoms with Crippen molar-refractivity contribution >= 4 is 6.03 Å². The molecule has 1 aliphatic heterocycles. The molecule has 2 amide bonds.